The molecule has 0 bridgehead atoms. The first-order chi connectivity index (χ1) is 9.38. The number of hydrogen-bond donors (Lipinski definition) is 4. The quantitative estimate of drug-likeness (QED) is 0.406. The second-order valence-corrected chi connectivity index (χ2v) is 5.98. The summed E-state index contributed by atoms with van der Waals surface area (Å²) >= 11 is 0. The zero-order valence-electron chi connectivity index (χ0n) is 10.9. The molecular formula is C12H18N2O5S. The van der Waals surface area contributed by atoms with Crippen LogP contribution in [0.1, 0.15) is 29.6 Å². The fourth-order valence-corrected chi connectivity index (χ4v) is 2.94. The van der Waals surface area contributed by atoms with Gasteiger partial charge < -0.3 is 15.9 Å². The zero-order chi connectivity index (χ0) is 15.2. The van der Waals surface area contributed by atoms with Gasteiger partial charge in [0.15, 0.2) is 0 Å². The average molecular weight is 302 g/mol. The van der Waals surface area contributed by atoms with Crippen LogP contribution in [0.5, 0.6) is 0 Å². The highest BCUT2D eigenvalue weighted by atomic mass is 32.2. The van der Waals surface area contributed by atoms with Crippen molar-refractivity contribution in [1.82, 2.24) is 4.72 Å². The number of aliphatic hydroxyl groups is 1. The molecular weight excluding hydrogens is 284 g/mol. The summed E-state index contributed by atoms with van der Waals surface area (Å²) in [6, 6.07) is 3.63. The second-order valence-electron chi connectivity index (χ2n) is 4.24. The fraction of sp³-hybridized carbons (Fsp3) is 0.417. The van der Waals surface area contributed by atoms with Crippen molar-refractivity contribution in [2.45, 2.75) is 24.2 Å². The molecule has 1 rings (SSSR count). The van der Waals surface area contributed by atoms with Crippen molar-refractivity contribution in [2.24, 2.45) is 0 Å². The standard InChI is InChI=1S/C12H18N2O5S/c13-9-4-5-10(12(16)17)11(8-9)20(18,19)14-6-2-1-3-7-15/h4-5,8,14-15H,1-3,6-7,13H2,(H,16,17). The lowest BCUT2D eigenvalue weighted by Gasteiger charge is -2.10. The van der Waals surface area contributed by atoms with Gasteiger partial charge in [0.05, 0.1) is 10.5 Å². The Morgan fingerprint density at radius 3 is 2.55 bits per heavy atom. The van der Waals surface area contributed by atoms with Crippen LogP contribution >= 0.6 is 0 Å². The maximum Gasteiger partial charge on any atom is 0.337 e. The van der Waals surface area contributed by atoms with Crippen molar-refractivity contribution in [2.75, 3.05) is 18.9 Å². The number of carboxylic acid groups (broad SMARTS) is 1. The third-order valence-corrected chi connectivity index (χ3v) is 4.15. The molecule has 0 aliphatic heterocycles. The second kappa shape index (κ2) is 7.22. The van der Waals surface area contributed by atoms with Gasteiger partial charge >= 0.3 is 5.97 Å². The van der Waals surface area contributed by atoms with E-state index >= 15 is 0 Å². The molecule has 0 spiro atoms. The van der Waals surface area contributed by atoms with E-state index in [1.165, 1.54) is 6.07 Å². The van der Waals surface area contributed by atoms with Crippen LogP contribution in [0.2, 0.25) is 0 Å². The summed E-state index contributed by atoms with van der Waals surface area (Å²) < 4.78 is 26.5. The van der Waals surface area contributed by atoms with Crippen molar-refractivity contribution in [1.29, 1.82) is 0 Å². The van der Waals surface area contributed by atoms with E-state index in [1.807, 2.05) is 0 Å². The third kappa shape index (κ3) is 4.48. The number of sulfonamides is 1. The Morgan fingerprint density at radius 2 is 1.95 bits per heavy atom. The lowest BCUT2D eigenvalue weighted by Crippen LogP contribution is -2.26. The molecule has 1 aromatic rings. The van der Waals surface area contributed by atoms with E-state index in [2.05, 4.69) is 4.72 Å². The van der Waals surface area contributed by atoms with Crippen LogP contribution in [0.3, 0.4) is 0 Å². The number of nitrogen functional groups attached to an aromatic ring is 1. The summed E-state index contributed by atoms with van der Waals surface area (Å²) in [6.45, 7) is 0.237. The van der Waals surface area contributed by atoms with E-state index in [0.717, 1.165) is 12.1 Å². The van der Waals surface area contributed by atoms with Crippen LogP contribution in [0.4, 0.5) is 5.69 Å². The van der Waals surface area contributed by atoms with Crippen molar-refractivity contribution in [3.05, 3.63) is 23.8 Å². The van der Waals surface area contributed by atoms with Gasteiger partial charge in [-0.15, -0.1) is 0 Å². The van der Waals surface area contributed by atoms with Crippen LogP contribution in [0, 0.1) is 0 Å². The maximum absolute atomic E-state index is 12.1. The highest BCUT2D eigenvalue weighted by molar-refractivity contribution is 7.89. The van der Waals surface area contributed by atoms with Crippen molar-refractivity contribution < 1.29 is 23.4 Å². The van der Waals surface area contributed by atoms with Crippen LogP contribution in [0.25, 0.3) is 0 Å². The molecule has 0 radical (unpaired) electrons. The number of aliphatic hydroxyl groups excluding tert-OH is 1. The number of hydrogen-bond acceptors (Lipinski definition) is 5. The van der Waals surface area contributed by atoms with E-state index in [9.17, 15) is 13.2 Å². The minimum atomic E-state index is -3.92. The Kier molecular flexibility index (Phi) is 5.93. The zero-order valence-corrected chi connectivity index (χ0v) is 11.7. The highest BCUT2D eigenvalue weighted by Gasteiger charge is 2.22. The number of carbonyl (C=O) groups is 1. The monoisotopic (exact) mass is 302 g/mol. The number of unbranched alkanes of at least 4 members (excludes halogenated alkanes) is 2. The molecule has 112 valence electrons. The molecule has 0 atom stereocenters. The fourth-order valence-electron chi connectivity index (χ4n) is 1.64. The molecule has 0 fully saturated rings. The Labute approximate surface area is 117 Å². The number of aromatic carboxylic acids is 1. The normalized spacial score (nSPS) is 11.4. The van der Waals surface area contributed by atoms with E-state index in [0.29, 0.717) is 19.3 Å². The first-order valence-corrected chi connectivity index (χ1v) is 7.60. The molecule has 7 nitrogen and oxygen atoms in total. The van der Waals surface area contributed by atoms with E-state index in [-0.39, 0.29) is 29.3 Å². The van der Waals surface area contributed by atoms with Gasteiger partial charge in [-0.1, -0.05) is 0 Å². The lowest BCUT2D eigenvalue weighted by atomic mass is 10.2. The molecule has 20 heavy (non-hydrogen) atoms. The van der Waals surface area contributed by atoms with E-state index in [1.54, 1.807) is 0 Å². The van der Waals surface area contributed by atoms with Gasteiger partial charge in [-0.05, 0) is 37.5 Å². The molecule has 5 N–H and O–H groups in total. The Balaban J connectivity index is 2.86. The first-order valence-electron chi connectivity index (χ1n) is 6.12. The van der Waals surface area contributed by atoms with Gasteiger partial charge in [-0.3, -0.25) is 0 Å². The number of anilines is 1. The molecule has 0 aliphatic carbocycles. The molecule has 0 saturated heterocycles. The minimum Gasteiger partial charge on any atom is -0.478 e. The van der Waals surface area contributed by atoms with Gasteiger partial charge in [0, 0.05) is 18.8 Å². The Hall–Kier alpha value is -1.64. The molecule has 0 unspecified atom stereocenters. The number of nitrogens with two attached hydrogens (primary N) is 1. The van der Waals surface area contributed by atoms with Gasteiger partial charge in [-0.25, -0.2) is 17.9 Å². The third-order valence-electron chi connectivity index (χ3n) is 2.65. The molecule has 0 aromatic heterocycles. The van der Waals surface area contributed by atoms with Crippen LogP contribution < -0.4 is 10.5 Å². The topological polar surface area (TPSA) is 130 Å². The largest absolute Gasteiger partial charge is 0.478 e. The maximum atomic E-state index is 12.1. The van der Waals surface area contributed by atoms with Crippen LogP contribution in [-0.4, -0.2) is 37.8 Å². The van der Waals surface area contributed by atoms with E-state index in [4.69, 9.17) is 15.9 Å². The summed E-state index contributed by atoms with van der Waals surface area (Å²) in [5.41, 5.74) is 5.36. The van der Waals surface area contributed by atoms with Crippen LogP contribution in [-0.2, 0) is 10.0 Å². The van der Waals surface area contributed by atoms with Crippen molar-refractivity contribution in [3.63, 3.8) is 0 Å². The van der Waals surface area contributed by atoms with E-state index < -0.39 is 16.0 Å². The predicted octanol–water partition coefficient (Wildman–Crippen LogP) is 0.408. The van der Waals surface area contributed by atoms with Gasteiger partial charge in [0.1, 0.15) is 0 Å². The van der Waals surface area contributed by atoms with Crippen LogP contribution in [0.15, 0.2) is 23.1 Å². The van der Waals surface area contributed by atoms with Gasteiger partial charge in [0.2, 0.25) is 10.0 Å². The number of benzene rings is 1. The molecule has 0 saturated carbocycles. The Bertz CT molecular complexity index is 571. The summed E-state index contributed by atoms with van der Waals surface area (Å²) in [7, 11) is -3.92. The average Bonchev–Trinajstić information content (AvgIpc) is 2.38. The van der Waals surface area contributed by atoms with Gasteiger partial charge in [0.25, 0.3) is 0 Å². The highest BCUT2D eigenvalue weighted by Crippen LogP contribution is 2.19. The van der Waals surface area contributed by atoms with Crippen molar-refractivity contribution >= 4 is 21.7 Å². The Morgan fingerprint density at radius 1 is 1.25 bits per heavy atom. The predicted molar refractivity (Wildman–Crippen MR) is 73.9 cm³/mol. The molecule has 0 heterocycles. The summed E-state index contributed by atoms with van der Waals surface area (Å²) in [6.07, 6.45) is 1.84. The summed E-state index contributed by atoms with van der Waals surface area (Å²) in [5.74, 6) is -1.33. The lowest BCUT2D eigenvalue weighted by molar-refractivity contribution is 0.0692. The molecule has 0 amide bonds. The van der Waals surface area contributed by atoms with Crippen molar-refractivity contribution in [3.8, 4) is 0 Å². The first kappa shape index (κ1) is 16.4. The number of nitrogens with one attached hydrogen (secondary N) is 1. The molecule has 8 heteroatoms. The molecule has 0 aliphatic rings. The smallest absolute Gasteiger partial charge is 0.337 e. The number of carboxylic acids is 1. The SMILES string of the molecule is Nc1ccc(C(=O)O)c(S(=O)(=O)NCCCCCO)c1. The minimum absolute atomic E-state index is 0.0606. The summed E-state index contributed by atoms with van der Waals surface area (Å²) in [4.78, 5) is 10.7. The molecule has 1 aromatic carbocycles. The van der Waals surface area contributed by atoms with Gasteiger partial charge in [-0.2, -0.15) is 0 Å². The number of rotatable bonds is 8. The summed E-state index contributed by atoms with van der Waals surface area (Å²) in [5, 5.41) is 17.6.